The molecular formula is C10H19N3S. The van der Waals surface area contributed by atoms with E-state index in [1.54, 1.807) is 11.3 Å². The maximum atomic E-state index is 5.42. The molecule has 0 amide bonds. The molecule has 80 valence electrons. The SMILES string of the molecule is Cc1nc(C(C)NCCCCN)cs1. The van der Waals surface area contributed by atoms with E-state index < -0.39 is 0 Å². The van der Waals surface area contributed by atoms with Gasteiger partial charge in [-0.25, -0.2) is 4.98 Å². The first-order chi connectivity index (χ1) is 6.74. The zero-order chi connectivity index (χ0) is 10.4. The van der Waals surface area contributed by atoms with Crippen LogP contribution >= 0.6 is 11.3 Å². The Balaban J connectivity index is 2.25. The predicted molar refractivity (Wildman–Crippen MR) is 61.6 cm³/mol. The quantitative estimate of drug-likeness (QED) is 0.709. The summed E-state index contributed by atoms with van der Waals surface area (Å²) in [6.07, 6.45) is 2.24. The fourth-order valence-corrected chi connectivity index (χ4v) is 1.98. The van der Waals surface area contributed by atoms with Gasteiger partial charge in [-0.15, -0.1) is 11.3 Å². The number of aryl methyl sites for hydroxylation is 1. The third-order valence-electron chi connectivity index (χ3n) is 2.16. The molecule has 0 aliphatic carbocycles. The fourth-order valence-electron chi connectivity index (χ4n) is 1.27. The van der Waals surface area contributed by atoms with E-state index in [0.717, 1.165) is 36.6 Å². The second-order valence-corrected chi connectivity index (χ2v) is 4.53. The zero-order valence-corrected chi connectivity index (χ0v) is 9.73. The van der Waals surface area contributed by atoms with Crippen LogP contribution in [0.15, 0.2) is 5.38 Å². The average molecular weight is 213 g/mol. The van der Waals surface area contributed by atoms with Gasteiger partial charge in [0.1, 0.15) is 0 Å². The topological polar surface area (TPSA) is 50.9 Å². The summed E-state index contributed by atoms with van der Waals surface area (Å²) in [5.74, 6) is 0. The molecule has 0 bridgehead atoms. The van der Waals surface area contributed by atoms with Gasteiger partial charge in [-0.1, -0.05) is 0 Å². The molecule has 0 aliphatic heterocycles. The van der Waals surface area contributed by atoms with Gasteiger partial charge >= 0.3 is 0 Å². The molecule has 1 aromatic rings. The van der Waals surface area contributed by atoms with E-state index >= 15 is 0 Å². The second-order valence-electron chi connectivity index (χ2n) is 3.46. The van der Waals surface area contributed by atoms with Gasteiger partial charge in [-0.3, -0.25) is 0 Å². The van der Waals surface area contributed by atoms with Crippen molar-refractivity contribution in [1.29, 1.82) is 0 Å². The van der Waals surface area contributed by atoms with Crippen LogP contribution in [0.5, 0.6) is 0 Å². The number of unbranched alkanes of at least 4 members (excludes halogenated alkanes) is 1. The van der Waals surface area contributed by atoms with Crippen LogP contribution in [0.25, 0.3) is 0 Å². The molecule has 0 aliphatic rings. The van der Waals surface area contributed by atoms with E-state index in [0.29, 0.717) is 6.04 Å². The highest BCUT2D eigenvalue weighted by molar-refractivity contribution is 7.09. The summed E-state index contributed by atoms with van der Waals surface area (Å²) >= 11 is 1.71. The summed E-state index contributed by atoms with van der Waals surface area (Å²) < 4.78 is 0. The monoisotopic (exact) mass is 213 g/mol. The summed E-state index contributed by atoms with van der Waals surface area (Å²) in [5, 5.41) is 6.69. The lowest BCUT2D eigenvalue weighted by molar-refractivity contribution is 0.540. The number of nitrogens with zero attached hydrogens (tertiary/aromatic N) is 1. The number of nitrogens with one attached hydrogen (secondary N) is 1. The molecule has 14 heavy (non-hydrogen) atoms. The van der Waals surface area contributed by atoms with Crippen molar-refractivity contribution in [3.8, 4) is 0 Å². The first kappa shape index (κ1) is 11.6. The van der Waals surface area contributed by atoms with Gasteiger partial charge < -0.3 is 11.1 Å². The van der Waals surface area contributed by atoms with Crippen molar-refractivity contribution in [2.45, 2.75) is 32.7 Å². The third-order valence-corrected chi connectivity index (χ3v) is 2.95. The van der Waals surface area contributed by atoms with Crippen LogP contribution < -0.4 is 11.1 Å². The second kappa shape index (κ2) is 6.11. The molecule has 0 fully saturated rings. The Morgan fingerprint density at radius 2 is 2.36 bits per heavy atom. The highest BCUT2D eigenvalue weighted by Gasteiger charge is 2.06. The molecule has 0 saturated heterocycles. The molecule has 3 N–H and O–H groups in total. The molecule has 0 radical (unpaired) electrons. The Morgan fingerprint density at radius 3 is 2.93 bits per heavy atom. The van der Waals surface area contributed by atoms with Gasteiger partial charge in [-0.05, 0) is 39.8 Å². The molecule has 1 heterocycles. The minimum atomic E-state index is 0.359. The number of rotatable bonds is 6. The maximum Gasteiger partial charge on any atom is 0.0898 e. The standard InChI is InChI=1S/C10H19N3S/c1-8(12-6-4-3-5-11)10-7-14-9(2)13-10/h7-8,12H,3-6,11H2,1-2H3. The molecule has 1 atom stereocenters. The number of aromatic nitrogens is 1. The van der Waals surface area contributed by atoms with Crippen molar-refractivity contribution in [1.82, 2.24) is 10.3 Å². The molecular weight excluding hydrogens is 194 g/mol. The predicted octanol–water partition coefficient (Wildman–Crippen LogP) is 1.84. The minimum Gasteiger partial charge on any atom is -0.330 e. The normalized spacial score (nSPS) is 13.1. The van der Waals surface area contributed by atoms with Crippen LogP contribution in [-0.2, 0) is 0 Å². The highest BCUT2D eigenvalue weighted by atomic mass is 32.1. The summed E-state index contributed by atoms with van der Waals surface area (Å²) in [6, 6.07) is 0.359. The van der Waals surface area contributed by atoms with Crippen LogP contribution in [0.3, 0.4) is 0 Å². The number of hydrogen-bond acceptors (Lipinski definition) is 4. The molecule has 1 rings (SSSR count). The molecule has 0 aromatic carbocycles. The molecule has 0 saturated carbocycles. The van der Waals surface area contributed by atoms with E-state index in [2.05, 4.69) is 22.6 Å². The third kappa shape index (κ3) is 3.74. The lowest BCUT2D eigenvalue weighted by atomic mass is 10.2. The lowest BCUT2D eigenvalue weighted by Crippen LogP contribution is -2.20. The van der Waals surface area contributed by atoms with E-state index in [1.807, 2.05) is 6.92 Å². The molecule has 1 unspecified atom stereocenters. The molecule has 0 spiro atoms. The van der Waals surface area contributed by atoms with Crippen molar-refractivity contribution in [3.63, 3.8) is 0 Å². The first-order valence-electron chi connectivity index (χ1n) is 5.09. The van der Waals surface area contributed by atoms with Gasteiger partial charge in [0.25, 0.3) is 0 Å². The summed E-state index contributed by atoms with van der Waals surface area (Å²) in [6.45, 7) is 5.99. The van der Waals surface area contributed by atoms with Gasteiger partial charge in [0.05, 0.1) is 10.7 Å². The average Bonchev–Trinajstić information content (AvgIpc) is 2.59. The fraction of sp³-hybridized carbons (Fsp3) is 0.700. The zero-order valence-electron chi connectivity index (χ0n) is 8.92. The summed E-state index contributed by atoms with van der Waals surface area (Å²) in [7, 11) is 0. The number of hydrogen-bond donors (Lipinski definition) is 2. The first-order valence-corrected chi connectivity index (χ1v) is 5.97. The van der Waals surface area contributed by atoms with Crippen LogP contribution in [0, 0.1) is 6.92 Å². The Morgan fingerprint density at radius 1 is 1.57 bits per heavy atom. The van der Waals surface area contributed by atoms with Crippen molar-refractivity contribution < 1.29 is 0 Å². The van der Waals surface area contributed by atoms with Crippen LogP contribution in [-0.4, -0.2) is 18.1 Å². The Hall–Kier alpha value is -0.450. The lowest BCUT2D eigenvalue weighted by Gasteiger charge is -2.10. The van der Waals surface area contributed by atoms with E-state index in [9.17, 15) is 0 Å². The molecule has 1 aromatic heterocycles. The van der Waals surface area contributed by atoms with Crippen molar-refractivity contribution >= 4 is 11.3 Å². The van der Waals surface area contributed by atoms with Crippen LogP contribution in [0.2, 0.25) is 0 Å². The van der Waals surface area contributed by atoms with Crippen molar-refractivity contribution in [2.24, 2.45) is 5.73 Å². The van der Waals surface area contributed by atoms with Gasteiger partial charge in [0.2, 0.25) is 0 Å². The maximum absolute atomic E-state index is 5.42. The van der Waals surface area contributed by atoms with E-state index in [4.69, 9.17) is 5.73 Å². The number of thiazole rings is 1. The minimum absolute atomic E-state index is 0.359. The molecule has 4 heteroatoms. The Bertz CT molecular complexity index is 260. The largest absolute Gasteiger partial charge is 0.330 e. The van der Waals surface area contributed by atoms with Gasteiger partial charge in [-0.2, -0.15) is 0 Å². The smallest absolute Gasteiger partial charge is 0.0898 e. The van der Waals surface area contributed by atoms with Crippen molar-refractivity contribution in [3.05, 3.63) is 16.1 Å². The van der Waals surface area contributed by atoms with Crippen molar-refractivity contribution in [2.75, 3.05) is 13.1 Å². The Labute approximate surface area is 89.7 Å². The highest BCUT2D eigenvalue weighted by Crippen LogP contribution is 2.15. The Kier molecular flexibility index (Phi) is 5.07. The summed E-state index contributed by atoms with van der Waals surface area (Å²) in [4.78, 5) is 4.44. The van der Waals surface area contributed by atoms with Crippen LogP contribution in [0.4, 0.5) is 0 Å². The van der Waals surface area contributed by atoms with Gasteiger partial charge in [0, 0.05) is 11.4 Å². The number of nitrogens with two attached hydrogens (primary N) is 1. The van der Waals surface area contributed by atoms with E-state index in [-0.39, 0.29) is 0 Å². The summed E-state index contributed by atoms with van der Waals surface area (Å²) in [5.41, 5.74) is 6.57. The van der Waals surface area contributed by atoms with Crippen LogP contribution in [0.1, 0.15) is 36.5 Å². The van der Waals surface area contributed by atoms with E-state index in [1.165, 1.54) is 0 Å². The van der Waals surface area contributed by atoms with Gasteiger partial charge in [0.15, 0.2) is 0 Å². The molecule has 3 nitrogen and oxygen atoms in total.